The average molecular weight is 517 g/mol. The van der Waals surface area contributed by atoms with Crippen LogP contribution >= 0.6 is 34.8 Å². The minimum absolute atomic E-state index is 0.138. The van der Waals surface area contributed by atoms with E-state index in [0.29, 0.717) is 27.0 Å². The van der Waals surface area contributed by atoms with Gasteiger partial charge in [-0.25, -0.2) is 4.90 Å². The molecule has 3 aromatic rings. The molecule has 2 N–H and O–H groups in total. The number of ether oxygens (including phenoxy) is 1. The van der Waals surface area contributed by atoms with Crippen molar-refractivity contribution in [1.82, 2.24) is 0 Å². The minimum Gasteiger partial charge on any atom is -0.495 e. The van der Waals surface area contributed by atoms with E-state index < -0.39 is 11.8 Å². The first-order chi connectivity index (χ1) is 16.3. The van der Waals surface area contributed by atoms with Crippen molar-refractivity contribution < 1.29 is 19.1 Å². The van der Waals surface area contributed by atoms with Gasteiger partial charge in [0.25, 0.3) is 17.7 Å². The van der Waals surface area contributed by atoms with Gasteiger partial charge in [0.05, 0.1) is 12.8 Å². The molecular formula is C24H16Cl3N3O4. The lowest BCUT2D eigenvalue weighted by molar-refractivity contribution is -0.120. The molecule has 1 heterocycles. The summed E-state index contributed by atoms with van der Waals surface area (Å²) >= 11 is 18.2. The van der Waals surface area contributed by atoms with E-state index in [1.165, 1.54) is 19.2 Å². The van der Waals surface area contributed by atoms with Gasteiger partial charge in [0.2, 0.25) is 0 Å². The van der Waals surface area contributed by atoms with Crippen molar-refractivity contribution in [2.24, 2.45) is 0 Å². The number of hydrogen-bond donors (Lipinski definition) is 2. The Balaban J connectivity index is 1.57. The molecule has 0 spiro atoms. The summed E-state index contributed by atoms with van der Waals surface area (Å²) in [7, 11) is 1.41. The molecule has 1 aliphatic rings. The highest BCUT2D eigenvalue weighted by molar-refractivity contribution is 6.53. The summed E-state index contributed by atoms with van der Waals surface area (Å²) in [4.78, 5) is 39.5. The highest BCUT2D eigenvalue weighted by atomic mass is 35.5. The predicted molar refractivity (Wildman–Crippen MR) is 133 cm³/mol. The molecule has 10 heteroatoms. The molecule has 34 heavy (non-hydrogen) atoms. The van der Waals surface area contributed by atoms with Crippen molar-refractivity contribution in [3.8, 4) is 5.75 Å². The number of carbonyl (C=O) groups is 3. The van der Waals surface area contributed by atoms with Crippen LogP contribution in [0.2, 0.25) is 10.0 Å². The zero-order valence-electron chi connectivity index (χ0n) is 17.6. The van der Waals surface area contributed by atoms with Crippen LogP contribution in [0.25, 0.3) is 0 Å². The van der Waals surface area contributed by atoms with Gasteiger partial charge in [-0.1, -0.05) is 46.9 Å². The highest BCUT2D eigenvalue weighted by Crippen LogP contribution is 2.37. The number of anilines is 3. The molecule has 0 atom stereocenters. The third-order valence-electron chi connectivity index (χ3n) is 4.89. The molecule has 3 aromatic carbocycles. The summed E-state index contributed by atoms with van der Waals surface area (Å²) in [6.45, 7) is 0. The number of nitrogens with zero attached hydrogens (tertiary/aromatic N) is 1. The normalized spacial score (nSPS) is 13.4. The fraction of sp³-hybridized carbons (Fsp3) is 0.0417. The molecule has 0 fully saturated rings. The molecule has 4 rings (SSSR count). The van der Waals surface area contributed by atoms with Gasteiger partial charge in [-0.05, 0) is 54.6 Å². The number of amides is 3. The number of methoxy groups -OCH3 is 1. The van der Waals surface area contributed by atoms with E-state index in [-0.39, 0.29) is 28.1 Å². The van der Waals surface area contributed by atoms with Crippen LogP contribution in [0.3, 0.4) is 0 Å². The van der Waals surface area contributed by atoms with Crippen molar-refractivity contribution in [1.29, 1.82) is 0 Å². The van der Waals surface area contributed by atoms with E-state index in [1.807, 2.05) is 0 Å². The van der Waals surface area contributed by atoms with E-state index in [1.54, 1.807) is 54.6 Å². The van der Waals surface area contributed by atoms with Gasteiger partial charge >= 0.3 is 0 Å². The SMILES string of the molecule is COc1ccc(Cl)cc1N1C(=O)C(Cl)=C(Nc2cccc(C(=O)Nc3cccc(Cl)c3)c2)C1=O. The van der Waals surface area contributed by atoms with Gasteiger partial charge in [0.15, 0.2) is 0 Å². The number of imide groups is 1. The van der Waals surface area contributed by atoms with Crippen LogP contribution in [0.1, 0.15) is 10.4 Å². The highest BCUT2D eigenvalue weighted by Gasteiger charge is 2.40. The molecule has 0 saturated heterocycles. The molecule has 0 radical (unpaired) electrons. The second-order valence-electron chi connectivity index (χ2n) is 7.12. The van der Waals surface area contributed by atoms with Gasteiger partial charge in [-0.2, -0.15) is 0 Å². The van der Waals surface area contributed by atoms with E-state index in [0.717, 1.165) is 4.90 Å². The summed E-state index contributed by atoms with van der Waals surface area (Å²) in [5.41, 5.74) is 1.25. The van der Waals surface area contributed by atoms with Crippen LogP contribution in [-0.4, -0.2) is 24.8 Å². The second-order valence-corrected chi connectivity index (χ2v) is 8.37. The standard InChI is InChI=1S/C24H16Cl3N3O4/c1-34-19-9-8-15(26)12-18(19)30-23(32)20(27)21(24(30)33)28-16-6-2-4-13(10-16)22(31)29-17-7-3-5-14(25)11-17/h2-12,28H,1H3,(H,29,31). The third-order valence-corrected chi connectivity index (χ3v) is 5.71. The Morgan fingerprint density at radius 2 is 1.56 bits per heavy atom. The van der Waals surface area contributed by atoms with Gasteiger partial charge in [-0.15, -0.1) is 0 Å². The van der Waals surface area contributed by atoms with Crippen molar-refractivity contribution in [2.75, 3.05) is 22.6 Å². The monoisotopic (exact) mass is 515 g/mol. The Labute approximate surface area is 209 Å². The molecule has 7 nitrogen and oxygen atoms in total. The zero-order valence-corrected chi connectivity index (χ0v) is 19.8. The van der Waals surface area contributed by atoms with Crippen LogP contribution in [0.5, 0.6) is 5.75 Å². The minimum atomic E-state index is -0.732. The molecule has 172 valence electrons. The van der Waals surface area contributed by atoms with Crippen LogP contribution in [0.4, 0.5) is 17.1 Å². The van der Waals surface area contributed by atoms with Gasteiger partial charge in [0.1, 0.15) is 16.5 Å². The summed E-state index contributed by atoms with van der Waals surface area (Å²) in [6, 6.07) is 17.7. The van der Waals surface area contributed by atoms with Crippen molar-refractivity contribution in [2.45, 2.75) is 0 Å². The maximum atomic E-state index is 13.1. The maximum Gasteiger partial charge on any atom is 0.283 e. The average Bonchev–Trinajstić information content (AvgIpc) is 3.02. The topological polar surface area (TPSA) is 87.7 Å². The molecule has 0 bridgehead atoms. The molecule has 3 amide bonds. The fourth-order valence-electron chi connectivity index (χ4n) is 3.32. The van der Waals surface area contributed by atoms with Crippen LogP contribution in [0.15, 0.2) is 77.5 Å². The van der Waals surface area contributed by atoms with Crippen LogP contribution < -0.4 is 20.3 Å². The van der Waals surface area contributed by atoms with Gasteiger partial charge in [-0.3, -0.25) is 14.4 Å². The third kappa shape index (κ3) is 4.72. The molecule has 0 saturated carbocycles. The van der Waals surface area contributed by atoms with Gasteiger partial charge < -0.3 is 15.4 Å². The van der Waals surface area contributed by atoms with Crippen molar-refractivity contribution >= 4 is 69.6 Å². The zero-order chi connectivity index (χ0) is 24.4. The lowest BCUT2D eigenvalue weighted by atomic mass is 10.1. The Kier molecular flexibility index (Phi) is 6.79. The first-order valence-electron chi connectivity index (χ1n) is 9.84. The molecule has 0 unspecified atom stereocenters. The second kappa shape index (κ2) is 9.77. The predicted octanol–water partition coefficient (Wildman–Crippen LogP) is 5.69. The first-order valence-corrected chi connectivity index (χ1v) is 11.0. The van der Waals surface area contributed by atoms with Crippen molar-refractivity contribution in [3.05, 3.63) is 93.1 Å². The summed E-state index contributed by atoms with van der Waals surface area (Å²) in [5.74, 6) is -1.53. The molecule has 0 aliphatic carbocycles. The van der Waals surface area contributed by atoms with E-state index in [9.17, 15) is 14.4 Å². The summed E-state index contributed by atoms with van der Waals surface area (Å²) in [5, 5.41) is 6.09. The van der Waals surface area contributed by atoms with Crippen molar-refractivity contribution in [3.63, 3.8) is 0 Å². The largest absolute Gasteiger partial charge is 0.495 e. The number of rotatable bonds is 6. The number of hydrogen-bond acceptors (Lipinski definition) is 5. The molecule has 0 aromatic heterocycles. The fourth-order valence-corrected chi connectivity index (χ4v) is 3.89. The summed E-state index contributed by atoms with van der Waals surface area (Å²) in [6.07, 6.45) is 0. The maximum absolute atomic E-state index is 13.1. The number of carbonyl (C=O) groups excluding carboxylic acids is 3. The number of halogens is 3. The van der Waals surface area contributed by atoms with E-state index in [4.69, 9.17) is 39.5 Å². The van der Waals surface area contributed by atoms with Gasteiger partial charge in [0, 0.05) is 27.0 Å². The van der Waals surface area contributed by atoms with Crippen LogP contribution in [-0.2, 0) is 9.59 Å². The van der Waals surface area contributed by atoms with E-state index in [2.05, 4.69) is 10.6 Å². The molecule has 1 aliphatic heterocycles. The summed E-state index contributed by atoms with van der Waals surface area (Å²) < 4.78 is 5.26. The lowest BCUT2D eigenvalue weighted by Gasteiger charge is -2.18. The Bertz CT molecular complexity index is 1360. The molecular weight excluding hydrogens is 501 g/mol. The quantitative estimate of drug-likeness (QED) is 0.411. The first kappa shape index (κ1) is 23.6. The smallest absolute Gasteiger partial charge is 0.283 e. The number of nitrogens with one attached hydrogen (secondary N) is 2. The van der Waals surface area contributed by atoms with E-state index >= 15 is 0 Å². The lowest BCUT2D eigenvalue weighted by Crippen LogP contribution is -2.32. The Morgan fingerprint density at radius 1 is 0.853 bits per heavy atom. The van der Waals surface area contributed by atoms with Crippen LogP contribution in [0, 0.1) is 0 Å². The Morgan fingerprint density at radius 3 is 2.29 bits per heavy atom. The number of benzene rings is 3. The Hall–Kier alpha value is -3.52.